The summed E-state index contributed by atoms with van der Waals surface area (Å²) in [5.74, 6) is -0.651. The fourth-order valence-corrected chi connectivity index (χ4v) is 2.31. The fraction of sp³-hybridized carbons (Fsp3) is 0.250. The standard InChI is InChI=1S/C12H15FN4O2S/c1-17-9(5-7-16-17)4-6-15-12-3-2-10(8-11(12)13)20(14,18)19/h2-3,5,7-8,15H,4,6H2,1H3,(H2,14,18,19). The van der Waals surface area contributed by atoms with Crippen LogP contribution < -0.4 is 10.5 Å². The molecule has 2 aromatic rings. The second-order valence-corrected chi connectivity index (χ2v) is 5.87. The van der Waals surface area contributed by atoms with Crippen LogP contribution in [0.1, 0.15) is 5.69 Å². The minimum absolute atomic E-state index is 0.236. The van der Waals surface area contributed by atoms with E-state index < -0.39 is 15.8 Å². The lowest BCUT2D eigenvalue weighted by Crippen LogP contribution is -2.13. The maximum atomic E-state index is 13.7. The third-order valence-corrected chi connectivity index (χ3v) is 3.80. The monoisotopic (exact) mass is 298 g/mol. The highest BCUT2D eigenvalue weighted by molar-refractivity contribution is 7.89. The first-order valence-corrected chi connectivity index (χ1v) is 7.45. The van der Waals surface area contributed by atoms with Gasteiger partial charge < -0.3 is 5.32 Å². The molecule has 1 aromatic carbocycles. The number of aryl methyl sites for hydroxylation is 1. The zero-order valence-electron chi connectivity index (χ0n) is 10.9. The Bertz CT molecular complexity index is 712. The summed E-state index contributed by atoms with van der Waals surface area (Å²) in [4.78, 5) is -0.243. The fourth-order valence-electron chi connectivity index (χ4n) is 1.79. The summed E-state index contributed by atoms with van der Waals surface area (Å²) < 4.78 is 37.6. The number of nitrogens with one attached hydrogen (secondary N) is 1. The van der Waals surface area contributed by atoms with Crippen LogP contribution in [0.25, 0.3) is 0 Å². The molecule has 1 aromatic heterocycles. The van der Waals surface area contributed by atoms with Crippen LogP contribution in [-0.2, 0) is 23.5 Å². The maximum absolute atomic E-state index is 13.7. The first-order chi connectivity index (χ1) is 9.38. The summed E-state index contributed by atoms with van der Waals surface area (Å²) in [6.07, 6.45) is 2.36. The zero-order valence-corrected chi connectivity index (χ0v) is 11.7. The van der Waals surface area contributed by atoms with Crippen LogP contribution >= 0.6 is 0 Å². The van der Waals surface area contributed by atoms with Crippen molar-refractivity contribution in [1.82, 2.24) is 9.78 Å². The number of anilines is 1. The van der Waals surface area contributed by atoms with Crippen LogP contribution in [0.3, 0.4) is 0 Å². The van der Waals surface area contributed by atoms with Crippen molar-refractivity contribution >= 4 is 15.7 Å². The molecule has 0 atom stereocenters. The van der Waals surface area contributed by atoms with E-state index in [9.17, 15) is 12.8 Å². The van der Waals surface area contributed by atoms with Gasteiger partial charge in [-0.15, -0.1) is 0 Å². The molecule has 0 fully saturated rings. The van der Waals surface area contributed by atoms with Gasteiger partial charge in [-0.05, 0) is 24.3 Å². The Morgan fingerprint density at radius 1 is 1.40 bits per heavy atom. The lowest BCUT2D eigenvalue weighted by molar-refractivity contribution is 0.593. The van der Waals surface area contributed by atoms with Gasteiger partial charge in [0.15, 0.2) is 0 Å². The SMILES string of the molecule is Cn1nccc1CCNc1ccc(S(N)(=O)=O)cc1F. The van der Waals surface area contributed by atoms with Crippen molar-refractivity contribution < 1.29 is 12.8 Å². The Balaban J connectivity index is 2.02. The summed E-state index contributed by atoms with van der Waals surface area (Å²) in [5.41, 5.74) is 1.25. The summed E-state index contributed by atoms with van der Waals surface area (Å²) in [6.45, 7) is 0.505. The molecule has 8 heteroatoms. The van der Waals surface area contributed by atoms with Crippen LogP contribution in [0, 0.1) is 5.82 Å². The first-order valence-electron chi connectivity index (χ1n) is 5.91. The second kappa shape index (κ2) is 5.59. The van der Waals surface area contributed by atoms with Crippen LogP contribution in [0.4, 0.5) is 10.1 Å². The number of benzene rings is 1. The molecule has 0 aliphatic heterocycles. The van der Waals surface area contributed by atoms with Crippen LogP contribution in [0.15, 0.2) is 35.4 Å². The van der Waals surface area contributed by atoms with Crippen molar-refractivity contribution in [2.24, 2.45) is 12.2 Å². The van der Waals surface area contributed by atoms with Crippen molar-refractivity contribution in [3.05, 3.63) is 42.0 Å². The van der Waals surface area contributed by atoms with Gasteiger partial charge in [0.25, 0.3) is 0 Å². The minimum Gasteiger partial charge on any atom is -0.382 e. The van der Waals surface area contributed by atoms with E-state index in [4.69, 9.17) is 5.14 Å². The summed E-state index contributed by atoms with van der Waals surface area (Å²) in [6, 6.07) is 5.41. The van der Waals surface area contributed by atoms with Gasteiger partial charge in [0.1, 0.15) is 5.82 Å². The Labute approximate surface area is 116 Å². The van der Waals surface area contributed by atoms with Gasteiger partial charge in [0.05, 0.1) is 10.6 Å². The van der Waals surface area contributed by atoms with E-state index in [0.717, 1.165) is 11.8 Å². The quantitative estimate of drug-likeness (QED) is 0.856. The lowest BCUT2D eigenvalue weighted by atomic mass is 10.2. The molecular formula is C12H15FN4O2S. The van der Waals surface area contributed by atoms with E-state index in [0.29, 0.717) is 13.0 Å². The highest BCUT2D eigenvalue weighted by Gasteiger charge is 2.11. The molecule has 0 aliphatic rings. The molecule has 0 unspecified atom stereocenters. The van der Waals surface area contributed by atoms with Gasteiger partial charge in [-0.3, -0.25) is 4.68 Å². The molecular weight excluding hydrogens is 283 g/mol. The first kappa shape index (κ1) is 14.5. The molecule has 20 heavy (non-hydrogen) atoms. The van der Waals surface area contributed by atoms with Gasteiger partial charge in [-0.25, -0.2) is 17.9 Å². The molecule has 108 valence electrons. The van der Waals surface area contributed by atoms with Crippen LogP contribution in [-0.4, -0.2) is 24.7 Å². The Morgan fingerprint density at radius 3 is 2.70 bits per heavy atom. The van der Waals surface area contributed by atoms with Gasteiger partial charge >= 0.3 is 0 Å². The Hall–Kier alpha value is -1.93. The van der Waals surface area contributed by atoms with Crippen LogP contribution in [0.2, 0.25) is 0 Å². The summed E-state index contributed by atoms with van der Waals surface area (Å²) in [5, 5.41) is 11.9. The summed E-state index contributed by atoms with van der Waals surface area (Å²) in [7, 11) is -2.05. The van der Waals surface area contributed by atoms with Crippen LogP contribution in [0.5, 0.6) is 0 Å². The number of hydrogen-bond donors (Lipinski definition) is 2. The number of sulfonamides is 1. The number of aromatic nitrogens is 2. The third-order valence-electron chi connectivity index (χ3n) is 2.89. The zero-order chi connectivity index (χ0) is 14.8. The van der Waals surface area contributed by atoms with Gasteiger partial charge in [0, 0.05) is 31.9 Å². The molecule has 0 spiro atoms. The normalized spacial score (nSPS) is 11.6. The van der Waals surface area contributed by atoms with E-state index >= 15 is 0 Å². The molecule has 2 rings (SSSR count). The Kier molecular flexibility index (Phi) is 4.05. The molecule has 0 aliphatic carbocycles. The number of nitrogens with zero attached hydrogens (tertiary/aromatic N) is 2. The van der Waals surface area contributed by atoms with Gasteiger partial charge in [-0.1, -0.05) is 0 Å². The summed E-state index contributed by atoms with van der Waals surface area (Å²) >= 11 is 0. The smallest absolute Gasteiger partial charge is 0.238 e. The van der Waals surface area contributed by atoms with E-state index in [2.05, 4.69) is 10.4 Å². The predicted octanol–water partition coefficient (Wildman–Crippen LogP) is 0.861. The predicted molar refractivity (Wildman–Crippen MR) is 73.2 cm³/mol. The van der Waals surface area contributed by atoms with E-state index in [1.807, 2.05) is 13.1 Å². The Morgan fingerprint density at radius 2 is 2.15 bits per heavy atom. The van der Waals surface area contributed by atoms with E-state index in [1.165, 1.54) is 12.1 Å². The van der Waals surface area contributed by atoms with Crippen molar-refractivity contribution in [3.8, 4) is 0 Å². The highest BCUT2D eigenvalue weighted by Crippen LogP contribution is 2.18. The van der Waals surface area contributed by atoms with Crippen molar-refractivity contribution in [2.45, 2.75) is 11.3 Å². The molecule has 6 nitrogen and oxygen atoms in total. The maximum Gasteiger partial charge on any atom is 0.238 e. The largest absolute Gasteiger partial charge is 0.382 e. The average Bonchev–Trinajstić information content (AvgIpc) is 2.76. The topological polar surface area (TPSA) is 90.0 Å². The van der Waals surface area contributed by atoms with Crippen molar-refractivity contribution in [1.29, 1.82) is 0 Å². The number of halogens is 1. The number of nitrogens with two attached hydrogens (primary N) is 1. The highest BCUT2D eigenvalue weighted by atomic mass is 32.2. The molecule has 0 saturated heterocycles. The lowest BCUT2D eigenvalue weighted by Gasteiger charge is -2.08. The van der Waals surface area contributed by atoms with E-state index in [1.54, 1.807) is 10.9 Å². The molecule has 1 heterocycles. The minimum atomic E-state index is -3.88. The molecule has 0 amide bonds. The molecule has 0 saturated carbocycles. The second-order valence-electron chi connectivity index (χ2n) is 4.31. The van der Waals surface area contributed by atoms with Gasteiger partial charge in [-0.2, -0.15) is 5.10 Å². The number of rotatable bonds is 5. The molecule has 0 bridgehead atoms. The third kappa shape index (κ3) is 3.34. The van der Waals surface area contributed by atoms with Gasteiger partial charge in [0.2, 0.25) is 10.0 Å². The van der Waals surface area contributed by atoms with E-state index in [-0.39, 0.29) is 10.6 Å². The number of hydrogen-bond acceptors (Lipinski definition) is 4. The molecule has 3 N–H and O–H groups in total. The van der Waals surface area contributed by atoms with Crippen molar-refractivity contribution in [3.63, 3.8) is 0 Å². The molecule has 0 radical (unpaired) electrons. The van der Waals surface area contributed by atoms with Crippen molar-refractivity contribution in [2.75, 3.05) is 11.9 Å². The number of primary sulfonamides is 1. The average molecular weight is 298 g/mol.